The maximum atomic E-state index is 5.65. The quantitative estimate of drug-likeness (QED) is 0.631. The second kappa shape index (κ2) is 8.17. The van der Waals surface area contributed by atoms with E-state index in [0.29, 0.717) is 0 Å². The Morgan fingerprint density at radius 3 is 2.83 bits per heavy atom. The van der Waals surface area contributed by atoms with E-state index in [1.54, 1.807) is 17.6 Å². The van der Waals surface area contributed by atoms with Crippen molar-refractivity contribution in [3.8, 4) is 0 Å². The van der Waals surface area contributed by atoms with Crippen LogP contribution in [0.1, 0.15) is 29.5 Å². The fourth-order valence-electron chi connectivity index (χ4n) is 2.94. The van der Waals surface area contributed by atoms with E-state index < -0.39 is 0 Å². The number of aliphatic imine (C=N–C) groups is 1. The maximum absolute atomic E-state index is 5.65. The summed E-state index contributed by atoms with van der Waals surface area (Å²) < 4.78 is 5.65. The topological polar surface area (TPSA) is 52.8 Å². The Balaban J connectivity index is 1.56. The summed E-state index contributed by atoms with van der Waals surface area (Å²) in [4.78, 5) is 8.10. The van der Waals surface area contributed by atoms with Gasteiger partial charge >= 0.3 is 0 Å². The maximum Gasteiger partial charge on any atom is 0.191 e. The van der Waals surface area contributed by atoms with Gasteiger partial charge in [-0.25, -0.2) is 0 Å². The monoisotopic (exact) mass is 332 g/mol. The molecule has 1 fully saturated rings. The Morgan fingerprint density at radius 1 is 1.30 bits per heavy atom. The fourth-order valence-corrected chi connectivity index (χ4v) is 3.59. The number of likely N-dealkylation sites (tertiary alicyclic amines) is 1. The minimum Gasteiger partial charge on any atom is -0.468 e. The summed E-state index contributed by atoms with van der Waals surface area (Å²) >= 11 is 1.75. The molecule has 0 bridgehead atoms. The van der Waals surface area contributed by atoms with Gasteiger partial charge in [-0.15, -0.1) is 11.3 Å². The van der Waals surface area contributed by atoms with Crippen molar-refractivity contribution in [2.75, 3.05) is 26.7 Å². The van der Waals surface area contributed by atoms with Crippen molar-refractivity contribution in [3.05, 3.63) is 46.5 Å². The molecule has 0 aliphatic carbocycles. The molecule has 0 saturated carbocycles. The molecule has 0 radical (unpaired) electrons. The van der Waals surface area contributed by atoms with Crippen molar-refractivity contribution in [1.29, 1.82) is 0 Å². The fraction of sp³-hybridized carbons (Fsp3) is 0.471. The molecule has 2 aromatic heterocycles. The van der Waals surface area contributed by atoms with Crippen molar-refractivity contribution in [2.24, 2.45) is 4.99 Å². The van der Waals surface area contributed by atoms with Gasteiger partial charge in [0.25, 0.3) is 0 Å². The van der Waals surface area contributed by atoms with Gasteiger partial charge in [-0.2, -0.15) is 0 Å². The highest BCUT2D eigenvalue weighted by molar-refractivity contribution is 7.09. The lowest BCUT2D eigenvalue weighted by Crippen LogP contribution is -2.42. The largest absolute Gasteiger partial charge is 0.468 e. The summed E-state index contributed by atoms with van der Waals surface area (Å²) in [6.07, 6.45) is 4.29. The van der Waals surface area contributed by atoms with Crippen LogP contribution >= 0.6 is 11.3 Å². The van der Waals surface area contributed by atoms with Gasteiger partial charge in [0.1, 0.15) is 5.76 Å². The Hall–Kier alpha value is -1.79. The van der Waals surface area contributed by atoms with Gasteiger partial charge in [0.15, 0.2) is 5.96 Å². The van der Waals surface area contributed by atoms with Gasteiger partial charge in [-0.1, -0.05) is 6.07 Å². The standard InChI is InChI=1S/C17H24N4OS/c1-18-17(19-12-14-6-5-11-23-14)20-13-15(16-7-4-10-22-16)21-8-2-3-9-21/h4-7,10-11,15H,2-3,8-9,12-13H2,1H3,(H2,18,19,20). The molecule has 1 unspecified atom stereocenters. The first kappa shape index (κ1) is 16.1. The van der Waals surface area contributed by atoms with Crippen LogP contribution in [0.5, 0.6) is 0 Å². The molecule has 3 rings (SSSR count). The number of hydrogen-bond donors (Lipinski definition) is 2. The van der Waals surface area contributed by atoms with Crippen LogP contribution in [0, 0.1) is 0 Å². The molecule has 2 aromatic rings. The van der Waals surface area contributed by atoms with E-state index in [0.717, 1.165) is 37.9 Å². The van der Waals surface area contributed by atoms with Crippen LogP contribution in [0.15, 0.2) is 45.3 Å². The van der Waals surface area contributed by atoms with E-state index in [9.17, 15) is 0 Å². The highest BCUT2D eigenvalue weighted by atomic mass is 32.1. The molecule has 3 heterocycles. The zero-order valence-corrected chi connectivity index (χ0v) is 14.3. The van der Waals surface area contributed by atoms with Crippen LogP contribution in [-0.4, -0.2) is 37.5 Å². The zero-order chi connectivity index (χ0) is 15.9. The predicted molar refractivity (Wildman–Crippen MR) is 94.8 cm³/mol. The van der Waals surface area contributed by atoms with Crippen LogP contribution in [-0.2, 0) is 6.54 Å². The molecule has 0 aromatic carbocycles. The average molecular weight is 332 g/mol. The Bertz CT molecular complexity index is 588. The summed E-state index contributed by atoms with van der Waals surface area (Å²) in [5.41, 5.74) is 0. The lowest BCUT2D eigenvalue weighted by atomic mass is 10.2. The molecule has 2 N–H and O–H groups in total. The first-order valence-corrected chi connectivity index (χ1v) is 8.99. The van der Waals surface area contributed by atoms with Gasteiger partial charge in [-0.3, -0.25) is 9.89 Å². The SMILES string of the molecule is CN=C(NCc1cccs1)NCC(c1ccco1)N1CCCC1. The molecule has 5 nitrogen and oxygen atoms in total. The number of hydrogen-bond acceptors (Lipinski definition) is 4. The number of thiophene rings is 1. The van der Waals surface area contributed by atoms with Gasteiger partial charge in [0, 0.05) is 18.5 Å². The van der Waals surface area contributed by atoms with E-state index in [1.165, 1.54) is 17.7 Å². The van der Waals surface area contributed by atoms with E-state index >= 15 is 0 Å². The summed E-state index contributed by atoms with van der Waals surface area (Å²) in [7, 11) is 1.81. The molecule has 0 spiro atoms. The average Bonchev–Trinajstić information content (AvgIpc) is 3.34. The Morgan fingerprint density at radius 2 is 2.17 bits per heavy atom. The lowest BCUT2D eigenvalue weighted by Gasteiger charge is -2.26. The Kier molecular flexibility index (Phi) is 5.71. The first-order chi connectivity index (χ1) is 11.4. The minimum atomic E-state index is 0.257. The smallest absolute Gasteiger partial charge is 0.191 e. The second-order valence-electron chi connectivity index (χ2n) is 5.66. The first-order valence-electron chi connectivity index (χ1n) is 8.11. The number of nitrogens with one attached hydrogen (secondary N) is 2. The molecule has 0 amide bonds. The summed E-state index contributed by atoms with van der Waals surface area (Å²) in [6.45, 7) is 3.85. The lowest BCUT2D eigenvalue weighted by molar-refractivity contribution is 0.215. The summed E-state index contributed by atoms with van der Waals surface area (Å²) in [5, 5.41) is 8.89. The highest BCUT2D eigenvalue weighted by Crippen LogP contribution is 2.24. The van der Waals surface area contributed by atoms with Gasteiger partial charge in [0.2, 0.25) is 0 Å². The third-order valence-electron chi connectivity index (χ3n) is 4.15. The molecule has 124 valence electrons. The van der Waals surface area contributed by atoms with Gasteiger partial charge in [-0.05, 0) is 49.5 Å². The summed E-state index contributed by atoms with van der Waals surface area (Å²) in [6, 6.07) is 8.47. The van der Waals surface area contributed by atoms with Crippen LogP contribution in [0.2, 0.25) is 0 Å². The van der Waals surface area contributed by atoms with Crippen molar-refractivity contribution < 1.29 is 4.42 Å². The third-order valence-corrected chi connectivity index (χ3v) is 5.03. The molecule has 1 saturated heterocycles. The molecule has 1 aliphatic rings. The highest BCUT2D eigenvalue weighted by Gasteiger charge is 2.25. The molecule has 23 heavy (non-hydrogen) atoms. The minimum absolute atomic E-state index is 0.257. The number of nitrogens with zero attached hydrogens (tertiary/aromatic N) is 2. The van der Waals surface area contributed by atoms with E-state index in [4.69, 9.17) is 4.42 Å². The van der Waals surface area contributed by atoms with Crippen LogP contribution in [0.4, 0.5) is 0 Å². The van der Waals surface area contributed by atoms with E-state index in [-0.39, 0.29) is 6.04 Å². The summed E-state index contributed by atoms with van der Waals surface area (Å²) in [5.74, 6) is 1.85. The number of furan rings is 1. The molecular formula is C17H24N4OS. The van der Waals surface area contributed by atoms with Crippen LogP contribution in [0.3, 0.4) is 0 Å². The van der Waals surface area contributed by atoms with E-state index in [2.05, 4.69) is 44.1 Å². The van der Waals surface area contributed by atoms with Crippen LogP contribution in [0.25, 0.3) is 0 Å². The molecule has 1 aliphatic heterocycles. The van der Waals surface area contributed by atoms with Crippen molar-refractivity contribution in [1.82, 2.24) is 15.5 Å². The van der Waals surface area contributed by atoms with Gasteiger partial charge in [0.05, 0.1) is 18.8 Å². The van der Waals surface area contributed by atoms with Gasteiger partial charge < -0.3 is 15.1 Å². The van der Waals surface area contributed by atoms with Crippen molar-refractivity contribution in [2.45, 2.75) is 25.4 Å². The Labute approximate surface area is 141 Å². The molecular weight excluding hydrogens is 308 g/mol. The van der Waals surface area contributed by atoms with Crippen LogP contribution < -0.4 is 10.6 Å². The van der Waals surface area contributed by atoms with Crippen molar-refractivity contribution >= 4 is 17.3 Å². The zero-order valence-electron chi connectivity index (χ0n) is 13.5. The molecule has 1 atom stereocenters. The second-order valence-corrected chi connectivity index (χ2v) is 6.69. The van der Waals surface area contributed by atoms with E-state index in [1.807, 2.05) is 13.1 Å². The number of rotatable bonds is 6. The molecule has 6 heteroatoms. The third kappa shape index (κ3) is 4.36. The van der Waals surface area contributed by atoms with Crippen molar-refractivity contribution in [3.63, 3.8) is 0 Å². The number of guanidine groups is 1. The normalized spacial score (nSPS) is 17.3. The predicted octanol–water partition coefficient (Wildman–Crippen LogP) is 2.84.